The first kappa shape index (κ1) is 24.9. The van der Waals surface area contributed by atoms with E-state index in [2.05, 4.69) is 59.9 Å². The maximum atomic E-state index is 11.1. The van der Waals surface area contributed by atoms with Crippen molar-refractivity contribution in [2.24, 2.45) is 4.99 Å². The molecule has 2 rings (SSSR count). The summed E-state index contributed by atoms with van der Waals surface area (Å²) in [5.74, 6) is 0.793. The van der Waals surface area contributed by atoms with Crippen molar-refractivity contribution in [1.29, 1.82) is 0 Å². The van der Waals surface area contributed by atoms with Gasteiger partial charge in [-0.15, -0.1) is 24.0 Å². The summed E-state index contributed by atoms with van der Waals surface area (Å²) in [6.07, 6.45) is 1.82. The molecule has 0 spiro atoms. The topological polar surface area (TPSA) is 65.5 Å². The molecule has 0 radical (unpaired) electrons. The van der Waals surface area contributed by atoms with E-state index in [1.807, 2.05) is 24.3 Å². The lowest BCUT2D eigenvalue weighted by molar-refractivity contribution is -0.114. The molecule has 158 valence electrons. The first-order chi connectivity index (χ1) is 13.5. The lowest BCUT2D eigenvalue weighted by atomic mass is 10.1. The van der Waals surface area contributed by atoms with Gasteiger partial charge in [0.15, 0.2) is 5.96 Å². The Kier molecular flexibility index (Phi) is 11.3. The number of anilines is 1. The van der Waals surface area contributed by atoms with Crippen molar-refractivity contribution in [2.75, 3.05) is 25.0 Å². The van der Waals surface area contributed by atoms with E-state index in [9.17, 15) is 4.79 Å². The number of carbonyl (C=O) groups excluding carboxylic acids is 1. The molecular formula is C23H33IN4O. The third-order valence-electron chi connectivity index (χ3n) is 4.28. The second kappa shape index (κ2) is 13.2. The van der Waals surface area contributed by atoms with E-state index >= 15 is 0 Å². The van der Waals surface area contributed by atoms with Gasteiger partial charge in [-0.1, -0.05) is 41.5 Å². The van der Waals surface area contributed by atoms with Gasteiger partial charge in [-0.05, 0) is 56.9 Å². The van der Waals surface area contributed by atoms with Crippen molar-refractivity contribution in [2.45, 2.75) is 40.5 Å². The number of guanidine groups is 1. The number of nitrogens with zero attached hydrogens (tertiary/aromatic N) is 1. The molecule has 0 aliphatic carbocycles. The summed E-state index contributed by atoms with van der Waals surface area (Å²) in [4.78, 5) is 15.7. The summed E-state index contributed by atoms with van der Waals surface area (Å²) in [5.41, 5.74) is 5.98. The van der Waals surface area contributed by atoms with Crippen LogP contribution in [0, 0.1) is 13.8 Å². The van der Waals surface area contributed by atoms with E-state index in [0.29, 0.717) is 6.54 Å². The van der Waals surface area contributed by atoms with Crippen LogP contribution >= 0.6 is 24.0 Å². The summed E-state index contributed by atoms with van der Waals surface area (Å²) in [7, 11) is 0. The van der Waals surface area contributed by atoms with Gasteiger partial charge in [-0.3, -0.25) is 9.79 Å². The highest BCUT2D eigenvalue weighted by Crippen LogP contribution is 2.10. The van der Waals surface area contributed by atoms with Crippen LogP contribution in [0.25, 0.3) is 0 Å². The van der Waals surface area contributed by atoms with Gasteiger partial charge in [-0.25, -0.2) is 0 Å². The normalized spacial score (nSPS) is 10.8. The smallest absolute Gasteiger partial charge is 0.221 e. The minimum Gasteiger partial charge on any atom is -0.357 e. The average molecular weight is 508 g/mol. The van der Waals surface area contributed by atoms with E-state index in [-0.39, 0.29) is 29.9 Å². The molecule has 0 atom stereocenters. The maximum absolute atomic E-state index is 11.1. The Labute approximate surface area is 191 Å². The van der Waals surface area contributed by atoms with Crippen LogP contribution in [0.2, 0.25) is 0 Å². The van der Waals surface area contributed by atoms with Crippen molar-refractivity contribution < 1.29 is 4.79 Å². The van der Waals surface area contributed by atoms with Gasteiger partial charge < -0.3 is 16.0 Å². The molecule has 6 heteroatoms. The minimum atomic E-state index is -0.0560. The number of hydrogen-bond acceptors (Lipinski definition) is 2. The van der Waals surface area contributed by atoms with Crippen LogP contribution in [-0.2, 0) is 17.6 Å². The van der Waals surface area contributed by atoms with Gasteiger partial charge in [-0.2, -0.15) is 0 Å². The summed E-state index contributed by atoms with van der Waals surface area (Å²) >= 11 is 0. The molecule has 1 amide bonds. The molecule has 0 saturated heterocycles. The Morgan fingerprint density at radius 2 is 1.59 bits per heavy atom. The van der Waals surface area contributed by atoms with E-state index < -0.39 is 0 Å². The Balaban J connectivity index is 0.00000420. The fourth-order valence-corrected chi connectivity index (χ4v) is 3.14. The Morgan fingerprint density at radius 3 is 2.17 bits per heavy atom. The highest BCUT2D eigenvalue weighted by atomic mass is 127. The lowest BCUT2D eigenvalue weighted by Crippen LogP contribution is -2.38. The molecular weight excluding hydrogens is 475 g/mol. The summed E-state index contributed by atoms with van der Waals surface area (Å²) in [6.45, 7) is 10.2. The van der Waals surface area contributed by atoms with Gasteiger partial charge in [0.2, 0.25) is 5.91 Å². The standard InChI is InChI=1S/C23H32N4O.HI/c1-5-24-23(26-13-11-21-15-17(2)14-18(3)16-21)25-12-10-20-6-8-22(9-7-20)27-19(4)28;/h6-9,14-16H,5,10-13H2,1-4H3,(H,27,28)(H2,24,25,26);1H. The predicted octanol–water partition coefficient (Wildman–Crippen LogP) is 4.22. The molecule has 0 bridgehead atoms. The van der Waals surface area contributed by atoms with Crippen LogP contribution in [0.5, 0.6) is 0 Å². The fourth-order valence-electron chi connectivity index (χ4n) is 3.14. The third kappa shape index (κ3) is 9.78. The highest BCUT2D eigenvalue weighted by Gasteiger charge is 2.01. The number of hydrogen-bond donors (Lipinski definition) is 3. The number of amides is 1. The monoisotopic (exact) mass is 508 g/mol. The number of nitrogens with one attached hydrogen (secondary N) is 3. The van der Waals surface area contributed by atoms with E-state index in [1.165, 1.54) is 29.2 Å². The Morgan fingerprint density at radius 1 is 0.931 bits per heavy atom. The number of halogens is 1. The summed E-state index contributed by atoms with van der Waals surface area (Å²) in [6, 6.07) is 14.6. The Hall–Kier alpha value is -2.09. The van der Waals surface area contributed by atoms with Crippen LogP contribution in [0.3, 0.4) is 0 Å². The van der Waals surface area contributed by atoms with Crippen molar-refractivity contribution in [3.63, 3.8) is 0 Å². The zero-order valence-corrected chi connectivity index (χ0v) is 20.2. The van der Waals surface area contributed by atoms with Crippen molar-refractivity contribution >= 4 is 41.5 Å². The molecule has 29 heavy (non-hydrogen) atoms. The number of rotatable bonds is 8. The van der Waals surface area contributed by atoms with Gasteiger partial charge in [0.25, 0.3) is 0 Å². The molecule has 2 aromatic rings. The zero-order valence-electron chi connectivity index (χ0n) is 17.8. The molecule has 0 unspecified atom stereocenters. The zero-order chi connectivity index (χ0) is 20.4. The fraction of sp³-hybridized carbons (Fsp3) is 0.391. The molecule has 3 N–H and O–H groups in total. The SMILES string of the molecule is CCNC(=NCCc1ccc(NC(C)=O)cc1)NCCc1cc(C)cc(C)c1.I. The van der Waals surface area contributed by atoms with Crippen LogP contribution < -0.4 is 16.0 Å². The van der Waals surface area contributed by atoms with Crippen LogP contribution in [0.1, 0.15) is 36.1 Å². The van der Waals surface area contributed by atoms with E-state index in [4.69, 9.17) is 0 Å². The summed E-state index contributed by atoms with van der Waals surface area (Å²) < 4.78 is 0. The quantitative estimate of drug-likeness (QED) is 0.284. The van der Waals surface area contributed by atoms with Crippen molar-refractivity contribution in [3.05, 3.63) is 64.7 Å². The number of benzene rings is 2. The maximum Gasteiger partial charge on any atom is 0.221 e. The number of carbonyl (C=O) groups is 1. The largest absolute Gasteiger partial charge is 0.357 e. The van der Waals surface area contributed by atoms with E-state index in [1.54, 1.807) is 0 Å². The molecule has 0 aliphatic rings. The number of aliphatic imine (C=N–C) groups is 1. The molecule has 5 nitrogen and oxygen atoms in total. The van der Waals surface area contributed by atoms with E-state index in [0.717, 1.165) is 37.6 Å². The predicted molar refractivity (Wildman–Crippen MR) is 133 cm³/mol. The number of aryl methyl sites for hydroxylation is 2. The molecule has 0 saturated carbocycles. The lowest BCUT2D eigenvalue weighted by Gasteiger charge is -2.12. The highest BCUT2D eigenvalue weighted by molar-refractivity contribution is 14.0. The molecule has 0 aliphatic heterocycles. The van der Waals surface area contributed by atoms with Gasteiger partial charge in [0.05, 0.1) is 0 Å². The third-order valence-corrected chi connectivity index (χ3v) is 4.28. The second-order valence-corrected chi connectivity index (χ2v) is 7.06. The Bertz CT molecular complexity index is 783. The van der Waals surface area contributed by atoms with Crippen LogP contribution in [0.4, 0.5) is 5.69 Å². The van der Waals surface area contributed by atoms with Gasteiger partial charge in [0, 0.05) is 32.2 Å². The van der Waals surface area contributed by atoms with Crippen molar-refractivity contribution in [3.8, 4) is 0 Å². The molecule has 0 aromatic heterocycles. The minimum absolute atomic E-state index is 0. The van der Waals surface area contributed by atoms with Gasteiger partial charge >= 0.3 is 0 Å². The summed E-state index contributed by atoms with van der Waals surface area (Å²) in [5, 5.41) is 9.50. The van der Waals surface area contributed by atoms with Crippen molar-refractivity contribution in [1.82, 2.24) is 10.6 Å². The van der Waals surface area contributed by atoms with Crippen LogP contribution in [-0.4, -0.2) is 31.5 Å². The first-order valence-corrected chi connectivity index (χ1v) is 9.92. The van der Waals surface area contributed by atoms with Crippen LogP contribution in [0.15, 0.2) is 47.5 Å². The van der Waals surface area contributed by atoms with Gasteiger partial charge in [0.1, 0.15) is 0 Å². The average Bonchev–Trinajstić information content (AvgIpc) is 2.62. The molecule has 2 aromatic carbocycles. The first-order valence-electron chi connectivity index (χ1n) is 9.92. The molecule has 0 heterocycles. The second-order valence-electron chi connectivity index (χ2n) is 7.06. The molecule has 0 fully saturated rings.